The second kappa shape index (κ2) is 7.70. The van der Waals surface area contributed by atoms with Gasteiger partial charge in [-0.2, -0.15) is 0 Å². The Hall–Kier alpha value is -3.67. The molecule has 27 heavy (non-hydrogen) atoms. The number of rotatable bonds is 6. The minimum absolute atomic E-state index is 0.443. The molecule has 0 aliphatic carbocycles. The molecule has 4 rings (SSSR count). The molecular formula is C21H19N5O. The second-order valence-corrected chi connectivity index (χ2v) is 6.10. The van der Waals surface area contributed by atoms with Gasteiger partial charge in [-0.05, 0) is 35.4 Å². The highest BCUT2D eigenvalue weighted by molar-refractivity contribution is 5.87. The molecule has 0 aliphatic rings. The van der Waals surface area contributed by atoms with E-state index in [4.69, 9.17) is 10.5 Å². The number of benzene rings is 2. The van der Waals surface area contributed by atoms with E-state index in [1.807, 2.05) is 60.7 Å². The van der Waals surface area contributed by atoms with Gasteiger partial charge in [-0.25, -0.2) is 15.0 Å². The number of hydrogen-bond donors (Lipinski definition) is 2. The fourth-order valence-electron chi connectivity index (χ4n) is 2.73. The standard InChI is InChI=1S/C21H19N5O/c22-19-11-10-18-20(24-14-25-21(18)26-19)23-12-15-6-8-17(9-7-15)27-13-16-4-2-1-3-5-16/h1-11,14H,12-13H2,(H3,22,23,24,25,26). The number of nitrogens with zero attached hydrogens (tertiary/aromatic N) is 3. The molecule has 0 amide bonds. The molecule has 0 spiro atoms. The Kier molecular flexibility index (Phi) is 4.78. The van der Waals surface area contributed by atoms with E-state index in [0.29, 0.717) is 24.6 Å². The second-order valence-electron chi connectivity index (χ2n) is 6.10. The maximum Gasteiger partial charge on any atom is 0.166 e. The van der Waals surface area contributed by atoms with Crippen molar-refractivity contribution in [1.82, 2.24) is 15.0 Å². The normalized spacial score (nSPS) is 10.7. The molecule has 0 atom stereocenters. The molecule has 4 aromatic rings. The van der Waals surface area contributed by atoms with E-state index in [-0.39, 0.29) is 0 Å². The third-order valence-electron chi connectivity index (χ3n) is 4.15. The van der Waals surface area contributed by atoms with Crippen LogP contribution in [0.3, 0.4) is 0 Å². The molecule has 0 saturated heterocycles. The van der Waals surface area contributed by atoms with Crippen LogP contribution in [-0.2, 0) is 13.2 Å². The maximum absolute atomic E-state index is 5.82. The average Bonchev–Trinajstić information content (AvgIpc) is 2.72. The third-order valence-corrected chi connectivity index (χ3v) is 4.15. The van der Waals surface area contributed by atoms with Crippen LogP contribution in [0.15, 0.2) is 73.1 Å². The van der Waals surface area contributed by atoms with Crippen LogP contribution in [-0.4, -0.2) is 15.0 Å². The van der Waals surface area contributed by atoms with Crippen molar-refractivity contribution in [3.63, 3.8) is 0 Å². The van der Waals surface area contributed by atoms with Crippen molar-refractivity contribution in [2.75, 3.05) is 11.1 Å². The number of pyridine rings is 1. The Morgan fingerprint density at radius 3 is 2.48 bits per heavy atom. The molecule has 6 nitrogen and oxygen atoms in total. The number of hydrogen-bond acceptors (Lipinski definition) is 6. The summed E-state index contributed by atoms with van der Waals surface area (Å²) in [6, 6.07) is 21.7. The van der Waals surface area contributed by atoms with E-state index in [9.17, 15) is 0 Å². The number of nitrogen functional groups attached to an aromatic ring is 1. The number of anilines is 2. The minimum atomic E-state index is 0.443. The number of ether oxygens (including phenoxy) is 1. The lowest BCUT2D eigenvalue weighted by atomic mass is 10.2. The Balaban J connectivity index is 1.39. The SMILES string of the molecule is Nc1ccc2c(NCc3ccc(OCc4ccccc4)cc3)ncnc2n1. The summed E-state index contributed by atoms with van der Waals surface area (Å²) < 4.78 is 5.82. The summed E-state index contributed by atoms with van der Waals surface area (Å²) in [6.07, 6.45) is 1.48. The Bertz CT molecular complexity index is 1040. The molecule has 0 saturated carbocycles. The van der Waals surface area contributed by atoms with Crippen LogP contribution >= 0.6 is 0 Å². The van der Waals surface area contributed by atoms with Crippen LogP contribution in [0.5, 0.6) is 5.75 Å². The molecule has 0 aliphatic heterocycles. The lowest BCUT2D eigenvalue weighted by Gasteiger charge is -2.10. The zero-order chi connectivity index (χ0) is 18.5. The molecular weight excluding hydrogens is 338 g/mol. The lowest BCUT2D eigenvalue weighted by Crippen LogP contribution is -2.03. The van der Waals surface area contributed by atoms with Crippen molar-refractivity contribution >= 4 is 22.7 Å². The van der Waals surface area contributed by atoms with Crippen molar-refractivity contribution in [3.05, 3.63) is 84.2 Å². The highest BCUT2D eigenvalue weighted by Gasteiger charge is 2.05. The van der Waals surface area contributed by atoms with E-state index in [2.05, 4.69) is 20.3 Å². The van der Waals surface area contributed by atoms with Crippen molar-refractivity contribution < 1.29 is 4.74 Å². The first-order valence-corrected chi connectivity index (χ1v) is 8.65. The van der Waals surface area contributed by atoms with Crippen LogP contribution in [0.4, 0.5) is 11.6 Å². The first-order valence-electron chi connectivity index (χ1n) is 8.65. The fourth-order valence-corrected chi connectivity index (χ4v) is 2.73. The fraction of sp³-hybridized carbons (Fsp3) is 0.0952. The van der Waals surface area contributed by atoms with Gasteiger partial charge in [0.1, 0.15) is 30.3 Å². The Morgan fingerprint density at radius 1 is 0.852 bits per heavy atom. The predicted octanol–water partition coefficient (Wildman–Crippen LogP) is 3.80. The lowest BCUT2D eigenvalue weighted by molar-refractivity contribution is 0.306. The first kappa shape index (κ1) is 16.8. The summed E-state index contributed by atoms with van der Waals surface area (Å²) in [7, 11) is 0. The molecule has 0 bridgehead atoms. The van der Waals surface area contributed by atoms with Crippen molar-refractivity contribution in [2.24, 2.45) is 0 Å². The van der Waals surface area contributed by atoms with E-state index in [1.54, 1.807) is 6.07 Å². The van der Waals surface area contributed by atoms with Gasteiger partial charge in [0.15, 0.2) is 5.65 Å². The summed E-state index contributed by atoms with van der Waals surface area (Å²) in [5.41, 5.74) is 8.56. The van der Waals surface area contributed by atoms with Crippen LogP contribution < -0.4 is 15.8 Å². The van der Waals surface area contributed by atoms with Crippen LogP contribution in [0.25, 0.3) is 11.0 Å². The van der Waals surface area contributed by atoms with Gasteiger partial charge < -0.3 is 15.8 Å². The van der Waals surface area contributed by atoms with Crippen LogP contribution in [0.1, 0.15) is 11.1 Å². The molecule has 2 aromatic heterocycles. The molecule has 6 heteroatoms. The van der Waals surface area contributed by atoms with Gasteiger partial charge in [0.2, 0.25) is 0 Å². The number of nitrogens with one attached hydrogen (secondary N) is 1. The van der Waals surface area contributed by atoms with Gasteiger partial charge in [0.25, 0.3) is 0 Å². The van der Waals surface area contributed by atoms with Gasteiger partial charge in [0, 0.05) is 6.54 Å². The molecule has 134 valence electrons. The molecule has 2 aromatic carbocycles. The maximum atomic E-state index is 5.82. The van der Waals surface area contributed by atoms with Crippen molar-refractivity contribution in [3.8, 4) is 5.75 Å². The summed E-state index contributed by atoms with van der Waals surface area (Å²) in [5, 5.41) is 4.17. The Labute approximate surface area is 157 Å². The largest absolute Gasteiger partial charge is 0.489 e. The van der Waals surface area contributed by atoms with Crippen molar-refractivity contribution in [1.29, 1.82) is 0 Å². The number of fused-ring (bicyclic) bond motifs is 1. The van der Waals surface area contributed by atoms with E-state index >= 15 is 0 Å². The average molecular weight is 357 g/mol. The first-order chi connectivity index (χ1) is 13.3. The molecule has 0 fully saturated rings. The summed E-state index contributed by atoms with van der Waals surface area (Å²) in [5.74, 6) is 2.02. The van der Waals surface area contributed by atoms with Crippen molar-refractivity contribution in [2.45, 2.75) is 13.2 Å². The van der Waals surface area contributed by atoms with Gasteiger partial charge in [-0.3, -0.25) is 0 Å². The van der Waals surface area contributed by atoms with E-state index in [0.717, 1.165) is 28.1 Å². The molecule has 0 unspecified atom stereocenters. The van der Waals surface area contributed by atoms with Gasteiger partial charge in [-0.1, -0.05) is 42.5 Å². The summed E-state index contributed by atoms with van der Waals surface area (Å²) in [6.45, 7) is 1.19. The summed E-state index contributed by atoms with van der Waals surface area (Å²) in [4.78, 5) is 12.7. The predicted molar refractivity (Wildman–Crippen MR) is 106 cm³/mol. The molecule has 2 heterocycles. The minimum Gasteiger partial charge on any atom is -0.489 e. The molecule has 0 radical (unpaired) electrons. The monoisotopic (exact) mass is 357 g/mol. The number of aromatic nitrogens is 3. The van der Waals surface area contributed by atoms with Gasteiger partial charge >= 0.3 is 0 Å². The Morgan fingerprint density at radius 2 is 1.67 bits per heavy atom. The summed E-state index contributed by atoms with van der Waals surface area (Å²) >= 11 is 0. The highest BCUT2D eigenvalue weighted by Crippen LogP contribution is 2.20. The van der Waals surface area contributed by atoms with E-state index < -0.39 is 0 Å². The topological polar surface area (TPSA) is 86.0 Å². The quantitative estimate of drug-likeness (QED) is 0.546. The zero-order valence-electron chi connectivity index (χ0n) is 14.7. The van der Waals surface area contributed by atoms with Crippen LogP contribution in [0.2, 0.25) is 0 Å². The zero-order valence-corrected chi connectivity index (χ0v) is 14.7. The van der Waals surface area contributed by atoms with Crippen LogP contribution in [0, 0.1) is 0 Å². The number of nitrogens with two attached hydrogens (primary N) is 1. The van der Waals surface area contributed by atoms with Gasteiger partial charge in [0.05, 0.1) is 5.39 Å². The smallest absolute Gasteiger partial charge is 0.166 e. The molecule has 3 N–H and O–H groups in total. The third kappa shape index (κ3) is 4.12. The highest BCUT2D eigenvalue weighted by atomic mass is 16.5. The van der Waals surface area contributed by atoms with E-state index in [1.165, 1.54) is 6.33 Å². The van der Waals surface area contributed by atoms with Gasteiger partial charge in [-0.15, -0.1) is 0 Å².